The van der Waals surface area contributed by atoms with Crippen LogP contribution in [-0.2, 0) is 11.2 Å². The van der Waals surface area contributed by atoms with Gasteiger partial charge in [0, 0.05) is 11.9 Å². The number of hydrogen-bond acceptors (Lipinski definition) is 4. The van der Waals surface area contributed by atoms with Crippen molar-refractivity contribution < 1.29 is 19.0 Å². The second kappa shape index (κ2) is 7.76. The van der Waals surface area contributed by atoms with Crippen molar-refractivity contribution in [3.05, 3.63) is 60.0 Å². The van der Waals surface area contributed by atoms with Gasteiger partial charge in [0.05, 0.1) is 17.6 Å². The maximum atomic E-state index is 12.8. The van der Waals surface area contributed by atoms with Gasteiger partial charge in [-0.3, -0.25) is 9.89 Å². The molecule has 0 aliphatic carbocycles. The van der Waals surface area contributed by atoms with Crippen LogP contribution in [0.2, 0.25) is 0 Å². The molecule has 1 heterocycles. The second-order valence-corrected chi connectivity index (χ2v) is 5.62. The molecule has 1 amide bonds. The van der Waals surface area contributed by atoms with Gasteiger partial charge in [0.1, 0.15) is 24.3 Å². The van der Waals surface area contributed by atoms with Crippen molar-refractivity contribution in [2.45, 2.75) is 12.5 Å². The fourth-order valence-electron chi connectivity index (χ4n) is 2.39. The van der Waals surface area contributed by atoms with Crippen LogP contribution in [0.3, 0.4) is 0 Å². The van der Waals surface area contributed by atoms with E-state index in [0.717, 1.165) is 16.6 Å². The zero-order valence-electron chi connectivity index (χ0n) is 13.4. The number of aromatic nitrogens is 2. The number of para-hydroxylation sites is 1. The van der Waals surface area contributed by atoms with Gasteiger partial charge >= 0.3 is 0 Å². The number of nitrogens with zero attached hydrogens (tertiary/aromatic N) is 1. The average molecular weight is 343 g/mol. The maximum absolute atomic E-state index is 12.8. The minimum absolute atomic E-state index is 0.00109. The van der Waals surface area contributed by atoms with Gasteiger partial charge in [0.25, 0.3) is 0 Å². The molecule has 7 heteroatoms. The van der Waals surface area contributed by atoms with E-state index in [1.165, 1.54) is 24.3 Å². The molecule has 1 unspecified atom stereocenters. The van der Waals surface area contributed by atoms with Gasteiger partial charge in [-0.05, 0) is 30.3 Å². The van der Waals surface area contributed by atoms with Crippen molar-refractivity contribution in [3.8, 4) is 5.75 Å². The number of nitrogens with one attached hydrogen (secondary N) is 2. The van der Waals surface area contributed by atoms with Crippen molar-refractivity contribution in [1.29, 1.82) is 0 Å². The van der Waals surface area contributed by atoms with Gasteiger partial charge in [-0.25, -0.2) is 4.39 Å². The molecule has 3 N–H and O–H groups in total. The summed E-state index contributed by atoms with van der Waals surface area (Å²) in [6, 6.07) is 13.0. The Labute approximate surface area is 143 Å². The quantitative estimate of drug-likeness (QED) is 0.610. The maximum Gasteiger partial charge on any atom is 0.226 e. The number of fused-ring (bicyclic) bond motifs is 1. The van der Waals surface area contributed by atoms with Crippen LogP contribution in [0.1, 0.15) is 5.69 Å². The van der Waals surface area contributed by atoms with Crippen LogP contribution in [-0.4, -0.2) is 40.5 Å². The van der Waals surface area contributed by atoms with Crippen molar-refractivity contribution in [1.82, 2.24) is 15.5 Å². The molecule has 3 rings (SSSR count). The van der Waals surface area contributed by atoms with E-state index in [4.69, 9.17) is 4.74 Å². The minimum Gasteiger partial charge on any atom is -0.491 e. The van der Waals surface area contributed by atoms with E-state index in [1.54, 1.807) is 0 Å². The molecule has 130 valence electrons. The van der Waals surface area contributed by atoms with Gasteiger partial charge in [-0.2, -0.15) is 5.10 Å². The van der Waals surface area contributed by atoms with Gasteiger partial charge in [-0.1, -0.05) is 18.2 Å². The fraction of sp³-hybridized carbons (Fsp3) is 0.222. The largest absolute Gasteiger partial charge is 0.491 e. The molecule has 1 atom stereocenters. The number of aromatic amines is 1. The molecule has 25 heavy (non-hydrogen) atoms. The summed E-state index contributed by atoms with van der Waals surface area (Å²) in [5, 5.41) is 20.4. The van der Waals surface area contributed by atoms with Gasteiger partial charge < -0.3 is 15.2 Å². The molecule has 0 saturated carbocycles. The summed E-state index contributed by atoms with van der Waals surface area (Å²) in [4.78, 5) is 12.0. The Hall–Kier alpha value is -2.93. The van der Waals surface area contributed by atoms with E-state index in [0.29, 0.717) is 5.75 Å². The number of hydrogen-bond donors (Lipinski definition) is 3. The summed E-state index contributed by atoms with van der Waals surface area (Å²) in [7, 11) is 0. The summed E-state index contributed by atoms with van der Waals surface area (Å²) in [6.45, 7) is 0.0605. The first kappa shape index (κ1) is 16.9. The normalized spacial score (nSPS) is 12.1. The predicted octanol–water partition coefficient (Wildman–Crippen LogP) is 1.80. The van der Waals surface area contributed by atoms with Crippen molar-refractivity contribution in [2.75, 3.05) is 13.2 Å². The Morgan fingerprint density at radius 2 is 2.00 bits per heavy atom. The third-order valence-electron chi connectivity index (χ3n) is 3.67. The first-order valence-corrected chi connectivity index (χ1v) is 7.87. The number of amides is 1. The van der Waals surface area contributed by atoms with Crippen LogP contribution in [0.25, 0.3) is 10.9 Å². The smallest absolute Gasteiger partial charge is 0.226 e. The highest BCUT2D eigenvalue weighted by Crippen LogP contribution is 2.15. The van der Waals surface area contributed by atoms with Crippen LogP contribution >= 0.6 is 0 Å². The Morgan fingerprint density at radius 1 is 1.24 bits per heavy atom. The predicted molar refractivity (Wildman–Crippen MR) is 90.7 cm³/mol. The molecule has 0 fully saturated rings. The third-order valence-corrected chi connectivity index (χ3v) is 3.67. The highest BCUT2D eigenvalue weighted by Gasteiger charge is 2.12. The zero-order chi connectivity index (χ0) is 17.6. The highest BCUT2D eigenvalue weighted by molar-refractivity contribution is 5.87. The molecule has 0 aliphatic heterocycles. The number of aliphatic hydroxyl groups excluding tert-OH is 1. The molecule has 0 aliphatic rings. The van der Waals surface area contributed by atoms with Crippen molar-refractivity contribution in [2.24, 2.45) is 0 Å². The summed E-state index contributed by atoms with van der Waals surface area (Å²) in [6.07, 6.45) is -0.723. The van der Waals surface area contributed by atoms with E-state index in [1.807, 2.05) is 24.3 Å². The number of aliphatic hydroxyl groups is 1. The van der Waals surface area contributed by atoms with Crippen LogP contribution < -0.4 is 10.1 Å². The molecule has 3 aromatic rings. The summed E-state index contributed by atoms with van der Waals surface area (Å²) in [5.74, 6) is -0.127. The van der Waals surface area contributed by atoms with E-state index in [-0.39, 0.29) is 31.3 Å². The lowest BCUT2D eigenvalue weighted by molar-refractivity contribution is -0.121. The molecular weight excluding hydrogens is 325 g/mol. The van der Waals surface area contributed by atoms with Crippen LogP contribution in [0, 0.1) is 5.82 Å². The van der Waals surface area contributed by atoms with E-state index >= 15 is 0 Å². The van der Waals surface area contributed by atoms with Gasteiger partial charge in [0.2, 0.25) is 5.91 Å². The van der Waals surface area contributed by atoms with Crippen molar-refractivity contribution >= 4 is 16.8 Å². The summed E-state index contributed by atoms with van der Waals surface area (Å²) < 4.78 is 18.1. The summed E-state index contributed by atoms with van der Waals surface area (Å²) in [5.41, 5.74) is 1.53. The molecule has 6 nitrogen and oxygen atoms in total. The minimum atomic E-state index is -0.868. The first-order chi connectivity index (χ1) is 12.1. The van der Waals surface area contributed by atoms with Crippen molar-refractivity contribution in [3.63, 3.8) is 0 Å². The lowest BCUT2D eigenvalue weighted by Crippen LogP contribution is -2.36. The summed E-state index contributed by atoms with van der Waals surface area (Å²) >= 11 is 0. The molecular formula is C18H18FN3O3. The fourth-order valence-corrected chi connectivity index (χ4v) is 2.39. The number of ether oxygens (including phenoxy) is 1. The standard InChI is InChI=1S/C18H18FN3O3/c19-12-5-7-14(8-6-12)25-11-13(23)10-20-18(24)9-17-15-3-1-2-4-16(15)21-22-17/h1-8,13,23H,9-11H2,(H,20,24)(H,21,22). The molecule has 2 aromatic carbocycles. The van der Waals surface area contributed by atoms with Gasteiger partial charge in [0.15, 0.2) is 0 Å². The van der Waals surface area contributed by atoms with E-state index < -0.39 is 6.10 Å². The second-order valence-electron chi connectivity index (χ2n) is 5.62. The Kier molecular flexibility index (Phi) is 5.25. The monoisotopic (exact) mass is 343 g/mol. The Bertz CT molecular complexity index is 848. The first-order valence-electron chi connectivity index (χ1n) is 7.87. The number of H-pyrrole nitrogens is 1. The molecule has 0 spiro atoms. The molecule has 0 bridgehead atoms. The molecule has 0 radical (unpaired) electrons. The average Bonchev–Trinajstić information content (AvgIpc) is 3.02. The number of carbonyl (C=O) groups excluding carboxylic acids is 1. The Balaban J connectivity index is 1.44. The SMILES string of the molecule is O=C(Cc1[nH]nc2ccccc12)NCC(O)COc1ccc(F)cc1. The molecule has 1 aromatic heterocycles. The third kappa shape index (κ3) is 4.54. The Morgan fingerprint density at radius 3 is 2.80 bits per heavy atom. The lowest BCUT2D eigenvalue weighted by Gasteiger charge is -2.13. The van der Waals surface area contributed by atoms with Crippen LogP contribution in [0.5, 0.6) is 5.75 Å². The van der Waals surface area contributed by atoms with E-state index in [9.17, 15) is 14.3 Å². The van der Waals surface area contributed by atoms with E-state index in [2.05, 4.69) is 15.5 Å². The van der Waals surface area contributed by atoms with Crippen LogP contribution in [0.4, 0.5) is 4.39 Å². The number of rotatable bonds is 7. The lowest BCUT2D eigenvalue weighted by atomic mass is 10.1. The topological polar surface area (TPSA) is 87.2 Å². The highest BCUT2D eigenvalue weighted by atomic mass is 19.1. The van der Waals surface area contributed by atoms with Gasteiger partial charge in [-0.15, -0.1) is 0 Å². The van der Waals surface area contributed by atoms with Crippen LogP contribution in [0.15, 0.2) is 48.5 Å². The number of halogens is 1. The zero-order valence-corrected chi connectivity index (χ0v) is 13.4. The number of carbonyl (C=O) groups is 1. The molecule has 0 saturated heterocycles. The number of benzene rings is 2.